The maximum absolute atomic E-state index is 5.54. The standard InChI is InChI=1S/C13H20BrNO/c1-10(12-7-8-13(14)16-12)15-9-11-5-3-2-4-6-11/h7-8,10-11,15H,2-6,9H2,1H3. The SMILES string of the molecule is CC(NCC1CCCCC1)c1ccc(Br)o1. The fraction of sp³-hybridized carbons (Fsp3) is 0.692. The maximum atomic E-state index is 5.54. The van der Waals surface area contributed by atoms with Crippen LogP contribution in [0.2, 0.25) is 0 Å². The zero-order valence-corrected chi connectivity index (χ0v) is 11.4. The van der Waals surface area contributed by atoms with E-state index in [9.17, 15) is 0 Å². The minimum Gasteiger partial charge on any atom is -0.453 e. The zero-order valence-electron chi connectivity index (χ0n) is 9.84. The Morgan fingerprint density at radius 2 is 2.12 bits per heavy atom. The van der Waals surface area contributed by atoms with Crippen molar-refractivity contribution in [3.63, 3.8) is 0 Å². The van der Waals surface area contributed by atoms with Gasteiger partial charge in [-0.3, -0.25) is 0 Å². The molecule has 0 aliphatic heterocycles. The van der Waals surface area contributed by atoms with E-state index in [-0.39, 0.29) is 0 Å². The summed E-state index contributed by atoms with van der Waals surface area (Å²) in [5.74, 6) is 1.89. The van der Waals surface area contributed by atoms with E-state index in [1.165, 1.54) is 32.1 Å². The quantitative estimate of drug-likeness (QED) is 0.894. The molecule has 3 heteroatoms. The van der Waals surface area contributed by atoms with Gasteiger partial charge in [0.1, 0.15) is 5.76 Å². The van der Waals surface area contributed by atoms with Gasteiger partial charge in [0, 0.05) is 0 Å². The van der Waals surface area contributed by atoms with Crippen molar-refractivity contribution in [1.29, 1.82) is 0 Å². The molecule has 2 nitrogen and oxygen atoms in total. The van der Waals surface area contributed by atoms with Gasteiger partial charge in [0.2, 0.25) is 0 Å². The molecule has 0 saturated heterocycles. The van der Waals surface area contributed by atoms with Gasteiger partial charge in [-0.1, -0.05) is 19.3 Å². The van der Waals surface area contributed by atoms with Crippen LogP contribution in [0.5, 0.6) is 0 Å². The summed E-state index contributed by atoms with van der Waals surface area (Å²) in [6.07, 6.45) is 7.03. The van der Waals surface area contributed by atoms with Crippen molar-refractivity contribution >= 4 is 15.9 Å². The van der Waals surface area contributed by atoms with Crippen molar-refractivity contribution in [2.24, 2.45) is 5.92 Å². The molecule has 0 aromatic carbocycles. The van der Waals surface area contributed by atoms with Crippen LogP contribution in [0.3, 0.4) is 0 Å². The largest absolute Gasteiger partial charge is 0.453 e. The van der Waals surface area contributed by atoms with Crippen LogP contribution >= 0.6 is 15.9 Å². The third-order valence-corrected chi connectivity index (χ3v) is 3.88. The second kappa shape index (κ2) is 5.87. The van der Waals surface area contributed by atoms with E-state index in [0.717, 1.165) is 22.9 Å². The lowest BCUT2D eigenvalue weighted by molar-refractivity contribution is 0.319. The van der Waals surface area contributed by atoms with E-state index >= 15 is 0 Å². The minimum atomic E-state index is 0.313. The van der Waals surface area contributed by atoms with E-state index in [1.807, 2.05) is 12.1 Å². The van der Waals surface area contributed by atoms with Gasteiger partial charge in [0.25, 0.3) is 0 Å². The Balaban J connectivity index is 1.76. The van der Waals surface area contributed by atoms with Crippen LogP contribution in [-0.4, -0.2) is 6.54 Å². The molecule has 1 atom stereocenters. The molecule has 1 aliphatic rings. The van der Waals surface area contributed by atoms with Gasteiger partial charge in [-0.05, 0) is 60.3 Å². The molecule has 0 spiro atoms. The molecule has 16 heavy (non-hydrogen) atoms. The Kier molecular flexibility index (Phi) is 4.47. The van der Waals surface area contributed by atoms with Gasteiger partial charge in [-0.25, -0.2) is 0 Å². The molecule has 0 bridgehead atoms. The predicted octanol–water partition coefficient (Wildman–Crippen LogP) is 4.27. The van der Waals surface area contributed by atoms with Crippen LogP contribution in [-0.2, 0) is 0 Å². The molecular weight excluding hydrogens is 266 g/mol. The highest BCUT2D eigenvalue weighted by atomic mass is 79.9. The molecule has 0 radical (unpaired) electrons. The van der Waals surface area contributed by atoms with Crippen molar-refractivity contribution < 1.29 is 4.42 Å². The highest BCUT2D eigenvalue weighted by molar-refractivity contribution is 9.10. The molecule has 0 amide bonds. The third-order valence-electron chi connectivity index (χ3n) is 3.46. The normalized spacial score (nSPS) is 19.9. The van der Waals surface area contributed by atoms with Crippen LogP contribution in [0.15, 0.2) is 21.2 Å². The van der Waals surface area contributed by atoms with E-state index in [4.69, 9.17) is 4.42 Å². The molecule has 1 heterocycles. The number of hydrogen-bond donors (Lipinski definition) is 1. The second-order valence-corrected chi connectivity index (χ2v) is 5.56. The first kappa shape index (κ1) is 12.2. The second-order valence-electron chi connectivity index (χ2n) is 4.78. The highest BCUT2D eigenvalue weighted by Crippen LogP contribution is 2.24. The van der Waals surface area contributed by atoms with Crippen molar-refractivity contribution in [2.45, 2.75) is 45.1 Å². The molecule has 2 rings (SSSR count). The molecule has 1 aromatic rings. The number of rotatable bonds is 4. The molecule has 1 saturated carbocycles. The van der Waals surface area contributed by atoms with Crippen molar-refractivity contribution in [1.82, 2.24) is 5.32 Å². The third kappa shape index (κ3) is 3.36. The van der Waals surface area contributed by atoms with Crippen LogP contribution in [0.4, 0.5) is 0 Å². The Hall–Kier alpha value is -0.280. The summed E-state index contributed by atoms with van der Waals surface area (Å²) in [5, 5.41) is 3.57. The van der Waals surface area contributed by atoms with Gasteiger partial charge in [0.05, 0.1) is 6.04 Å². The number of nitrogens with one attached hydrogen (secondary N) is 1. The molecule has 1 N–H and O–H groups in total. The zero-order chi connectivity index (χ0) is 11.4. The lowest BCUT2D eigenvalue weighted by Crippen LogP contribution is -2.26. The summed E-state index contributed by atoms with van der Waals surface area (Å²) in [7, 11) is 0. The van der Waals surface area contributed by atoms with Crippen molar-refractivity contribution in [2.75, 3.05) is 6.54 Å². The van der Waals surface area contributed by atoms with Crippen LogP contribution in [0, 0.1) is 5.92 Å². The summed E-state index contributed by atoms with van der Waals surface area (Å²) < 4.78 is 6.35. The molecule has 1 fully saturated rings. The molecule has 1 aliphatic carbocycles. The monoisotopic (exact) mass is 285 g/mol. The number of hydrogen-bond acceptors (Lipinski definition) is 2. The fourth-order valence-electron chi connectivity index (χ4n) is 2.40. The van der Waals surface area contributed by atoms with E-state index in [0.29, 0.717) is 6.04 Å². The first-order valence-electron chi connectivity index (χ1n) is 6.24. The Bertz CT molecular complexity index is 317. The summed E-state index contributed by atoms with van der Waals surface area (Å²) in [5.41, 5.74) is 0. The lowest BCUT2D eigenvalue weighted by atomic mass is 9.89. The smallest absolute Gasteiger partial charge is 0.169 e. The van der Waals surface area contributed by atoms with Gasteiger partial charge < -0.3 is 9.73 Å². The average molecular weight is 286 g/mol. The van der Waals surface area contributed by atoms with Gasteiger partial charge in [0.15, 0.2) is 4.67 Å². The first-order valence-corrected chi connectivity index (χ1v) is 7.03. The minimum absolute atomic E-state index is 0.313. The summed E-state index contributed by atoms with van der Waals surface area (Å²) >= 11 is 3.33. The van der Waals surface area contributed by atoms with Crippen LogP contribution < -0.4 is 5.32 Å². The van der Waals surface area contributed by atoms with Gasteiger partial charge in [-0.15, -0.1) is 0 Å². The van der Waals surface area contributed by atoms with E-state index in [1.54, 1.807) is 0 Å². The fourth-order valence-corrected chi connectivity index (χ4v) is 2.72. The van der Waals surface area contributed by atoms with Gasteiger partial charge >= 0.3 is 0 Å². The van der Waals surface area contributed by atoms with Gasteiger partial charge in [-0.2, -0.15) is 0 Å². The Morgan fingerprint density at radius 3 is 2.75 bits per heavy atom. The topological polar surface area (TPSA) is 25.2 Å². The highest BCUT2D eigenvalue weighted by Gasteiger charge is 2.15. The lowest BCUT2D eigenvalue weighted by Gasteiger charge is -2.23. The molecular formula is C13H20BrNO. The van der Waals surface area contributed by atoms with Crippen LogP contribution in [0.25, 0.3) is 0 Å². The molecule has 90 valence electrons. The summed E-state index contributed by atoms with van der Waals surface area (Å²) in [6, 6.07) is 4.30. The maximum Gasteiger partial charge on any atom is 0.169 e. The van der Waals surface area contributed by atoms with E-state index in [2.05, 4.69) is 28.2 Å². The molecule has 1 unspecified atom stereocenters. The first-order chi connectivity index (χ1) is 7.75. The van der Waals surface area contributed by atoms with E-state index < -0.39 is 0 Å². The average Bonchev–Trinajstić information content (AvgIpc) is 2.74. The van der Waals surface area contributed by atoms with Crippen molar-refractivity contribution in [3.8, 4) is 0 Å². The predicted molar refractivity (Wildman–Crippen MR) is 69.4 cm³/mol. The number of halogens is 1. The Morgan fingerprint density at radius 1 is 1.38 bits per heavy atom. The summed E-state index contributed by atoms with van der Waals surface area (Å²) in [6.45, 7) is 3.29. The number of furan rings is 1. The van der Waals surface area contributed by atoms with Crippen molar-refractivity contribution in [3.05, 3.63) is 22.6 Å². The summed E-state index contributed by atoms with van der Waals surface area (Å²) in [4.78, 5) is 0. The molecule has 1 aromatic heterocycles. The van der Waals surface area contributed by atoms with Crippen LogP contribution in [0.1, 0.15) is 50.8 Å². The Labute approximate surface area is 106 Å².